The summed E-state index contributed by atoms with van der Waals surface area (Å²) in [4.78, 5) is 2.64. The number of nitrogens with one attached hydrogen (secondary N) is 1. The first-order valence-corrected chi connectivity index (χ1v) is 9.49. The van der Waals surface area contributed by atoms with Crippen LogP contribution in [-0.2, 0) is 6.54 Å². The predicted octanol–water partition coefficient (Wildman–Crippen LogP) is 4.27. The van der Waals surface area contributed by atoms with Gasteiger partial charge in [-0.15, -0.1) is 0 Å². The molecule has 2 unspecified atom stereocenters. The molecule has 3 nitrogen and oxygen atoms in total. The van der Waals surface area contributed by atoms with Crippen molar-refractivity contribution in [2.45, 2.75) is 31.5 Å². The van der Waals surface area contributed by atoms with Crippen LogP contribution in [-0.4, -0.2) is 31.1 Å². The molecule has 1 N–H and O–H groups in total. The molecule has 5 rings (SSSR count). The molecule has 3 fully saturated rings. The number of halogens is 1. The molecule has 2 bridgehead atoms. The predicted molar refractivity (Wildman–Crippen MR) is 102 cm³/mol. The van der Waals surface area contributed by atoms with Crippen LogP contribution in [0.25, 0.3) is 0 Å². The van der Waals surface area contributed by atoms with Crippen molar-refractivity contribution in [2.75, 3.05) is 20.2 Å². The molecule has 3 aliphatic heterocycles. The zero-order valence-electron chi connectivity index (χ0n) is 14.6. The Morgan fingerprint density at radius 1 is 1.12 bits per heavy atom. The number of fused-ring (bicyclic) bond motifs is 3. The molecule has 0 aromatic heterocycles. The summed E-state index contributed by atoms with van der Waals surface area (Å²) < 4.78 is 5.50. The van der Waals surface area contributed by atoms with Gasteiger partial charge in [-0.3, -0.25) is 4.90 Å². The van der Waals surface area contributed by atoms with Gasteiger partial charge in [0.1, 0.15) is 5.75 Å². The quantitative estimate of drug-likeness (QED) is 0.865. The van der Waals surface area contributed by atoms with E-state index in [1.54, 1.807) is 7.11 Å². The van der Waals surface area contributed by atoms with Crippen molar-refractivity contribution in [1.29, 1.82) is 0 Å². The maximum Gasteiger partial charge on any atom is 0.124 e. The van der Waals surface area contributed by atoms with Gasteiger partial charge in [0.05, 0.1) is 13.2 Å². The average Bonchev–Trinajstić information content (AvgIpc) is 2.68. The first-order valence-electron chi connectivity index (χ1n) is 9.11. The second-order valence-electron chi connectivity index (χ2n) is 7.09. The van der Waals surface area contributed by atoms with Crippen LogP contribution in [0, 0.1) is 5.92 Å². The lowest BCUT2D eigenvalue weighted by Crippen LogP contribution is -2.57. The van der Waals surface area contributed by atoms with Gasteiger partial charge in [-0.25, -0.2) is 0 Å². The van der Waals surface area contributed by atoms with E-state index in [1.165, 1.54) is 31.5 Å². The van der Waals surface area contributed by atoms with Gasteiger partial charge in [-0.2, -0.15) is 0 Å². The molecule has 4 heteroatoms. The summed E-state index contributed by atoms with van der Waals surface area (Å²) >= 11 is 6.09. The first-order chi connectivity index (χ1) is 12.3. The monoisotopic (exact) mass is 356 g/mol. The van der Waals surface area contributed by atoms with Gasteiger partial charge in [0.25, 0.3) is 0 Å². The Morgan fingerprint density at radius 3 is 2.60 bits per heavy atom. The number of nitrogens with zero attached hydrogens (tertiary/aromatic N) is 1. The number of methoxy groups -OCH3 is 1. The topological polar surface area (TPSA) is 24.5 Å². The molecular weight excluding hydrogens is 332 g/mol. The van der Waals surface area contributed by atoms with E-state index >= 15 is 0 Å². The van der Waals surface area contributed by atoms with Gasteiger partial charge in [0.15, 0.2) is 0 Å². The van der Waals surface area contributed by atoms with Crippen molar-refractivity contribution in [1.82, 2.24) is 10.2 Å². The Morgan fingerprint density at radius 2 is 1.88 bits per heavy atom. The first kappa shape index (κ1) is 16.9. The van der Waals surface area contributed by atoms with Crippen LogP contribution in [0.2, 0.25) is 5.02 Å². The molecule has 25 heavy (non-hydrogen) atoms. The van der Waals surface area contributed by atoms with Crippen LogP contribution >= 0.6 is 11.6 Å². The van der Waals surface area contributed by atoms with E-state index < -0.39 is 0 Å². The van der Waals surface area contributed by atoms with E-state index in [2.05, 4.69) is 46.6 Å². The highest BCUT2D eigenvalue weighted by Crippen LogP contribution is 2.41. The fourth-order valence-corrected chi connectivity index (χ4v) is 4.64. The standard InChI is InChI=1S/C21H25ClN2O/c1-25-19-13-18(22)8-7-17(19)14-23-20-15-9-11-24(12-10-15)21(20)16-5-3-2-4-6-16/h2-8,13,15,20-21,23H,9-12,14H2,1H3. The average molecular weight is 357 g/mol. The highest BCUT2D eigenvalue weighted by molar-refractivity contribution is 6.30. The van der Waals surface area contributed by atoms with Crippen molar-refractivity contribution in [3.05, 3.63) is 64.7 Å². The normalized spacial score (nSPS) is 28.1. The van der Waals surface area contributed by atoms with Crippen molar-refractivity contribution in [2.24, 2.45) is 5.92 Å². The van der Waals surface area contributed by atoms with Crippen LogP contribution in [0.15, 0.2) is 48.5 Å². The summed E-state index contributed by atoms with van der Waals surface area (Å²) in [6.07, 6.45) is 2.58. The van der Waals surface area contributed by atoms with Crippen molar-refractivity contribution in [3.63, 3.8) is 0 Å². The zero-order chi connectivity index (χ0) is 17.2. The van der Waals surface area contributed by atoms with E-state index in [4.69, 9.17) is 16.3 Å². The summed E-state index contributed by atoms with van der Waals surface area (Å²) in [5.74, 6) is 1.60. The van der Waals surface area contributed by atoms with Crippen LogP contribution in [0.5, 0.6) is 5.75 Å². The molecule has 0 amide bonds. The molecule has 3 aliphatic rings. The summed E-state index contributed by atoms with van der Waals surface area (Å²) in [5.41, 5.74) is 2.59. The smallest absolute Gasteiger partial charge is 0.124 e. The second-order valence-corrected chi connectivity index (χ2v) is 7.53. The maximum absolute atomic E-state index is 6.09. The van der Waals surface area contributed by atoms with E-state index in [9.17, 15) is 0 Å². The largest absolute Gasteiger partial charge is 0.496 e. The third-order valence-electron chi connectivity index (χ3n) is 5.73. The lowest BCUT2D eigenvalue weighted by molar-refractivity contribution is 0.0112. The van der Waals surface area contributed by atoms with Gasteiger partial charge >= 0.3 is 0 Å². The van der Waals surface area contributed by atoms with Crippen LogP contribution in [0.3, 0.4) is 0 Å². The number of benzene rings is 2. The minimum absolute atomic E-state index is 0.465. The van der Waals surface area contributed by atoms with Gasteiger partial charge in [-0.1, -0.05) is 48.0 Å². The summed E-state index contributed by atoms with van der Waals surface area (Å²) in [5, 5.41) is 4.56. The Hall–Kier alpha value is -1.55. The number of hydrogen-bond donors (Lipinski definition) is 1. The maximum atomic E-state index is 6.09. The molecule has 0 radical (unpaired) electrons. The molecule has 2 aromatic rings. The van der Waals surface area contributed by atoms with Crippen molar-refractivity contribution < 1.29 is 4.74 Å². The molecular formula is C21H25ClN2O. The van der Waals surface area contributed by atoms with Gasteiger partial charge < -0.3 is 10.1 Å². The lowest BCUT2D eigenvalue weighted by atomic mass is 9.76. The number of rotatable bonds is 5. The van der Waals surface area contributed by atoms with E-state index in [0.717, 1.165) is 23.8 Å². The molecule has 3 saturated heterocycles. The molecule has 0 spiro atoms. The van der Waals surface area contributed by atoms with Crippen molar-refractivity contribution >= 4 is 11.6 Å². The third-order valence-corrected chi connectivity index (χ3v) is 5.97. The Bertz CT molecular complexity index is 713. The molecule has 2 aromatic carbocycles. The van der Waals surface area contributed by atoms with E-state index in [-0.39, 0.29) is 0 Å². The second kappa shape index (κ2) is 7.36. The highest BCUT2D eigenvalue weighted by atomic mass is 35.5. The molecule has 132 valence electrons. The van der Waals surface area contributed by atoms with Gasteiger partial charge in [0, 0.05) is 23.2 Å². The fourth-order valence-electron chi connectivity index (χ4n) is 4.48. The molecule has 2 atom stereocenters. The Labute approximate surface area is 154 Å². The number of hydrogen-bond acceptors (Lipinski definition) is 3. The van der Waals surface area contributed by atoms with E-state index in [1.807, 2.05) is 12.1 Å². The van der Waals surface area contributed by atoms with Crippen LogP contribution < -0.4 is 10.1 Å². The SMILES string of the molecule is COc1cc(Cl)ccc1CNC1C2CCN(CC2)C1c1ccccc1. The van der Waals surface area contributed by atoms with Crippen molar-refractivity contribution in [3.8, 4) is 5.75 Å². The molecule has 0 saturated carbocycles. The van der Waals surface area contributed by atoms with E-state index in [0.29, 0.717) is 17.1 Å². The number of ether oxygens (including phenoxy) is 1. The number of piperidine rings is 3. The van der Waals surface area contributed by atoms with Crippen LogP contribution in [0.1, 0.15) is 30.0 Å². The summed E-state index contributed by atoms with van der Waals surface area (Å²) in [6, 6.07) is 17.8. The van der Waals surface area contributed by atoms with Gasteiger partial charge in [-0.05, 0) is 49.5 Å². The molecule has 3 heterocycles. The third kappa shape index (κ3) is 3.41. The summed E-state index contributed by atoms with van der Waals surface area (Å²) in [7, 11) is 1.70. The minimum Gasteiger partial charge on any atom is -0.496 e. The van der Waals surface area contributed by atoms with Crippen LogP contribution in [0.4, 0.5) is 0 Å². The summed E-state index contributed by atoms with van der Waals surface area (Å²) in [6.45, 7) is 3.23. The zero-order valence-corrected chi connectivity index (χ0v) is 15.4. The molecule has 0 aliphatic carbocycles. The van der Waals surface area contributed by atoms with Gasteiger partial charge in [0.2, 0.25) is 0 Å². The Balaban J connectivity index is 1.55. The highest BCUT2D eigenvalue weighted by Gasteiger charge is 2.42. The lowest BCUT2D eigenvalue weighted by Gasteiger charge is -2.51. The minimum atomic E-state index is 0.465. The fraction of sp³-hybridized carbons (Fsp3) is 0.429. The Kier molecular flexibility index (Phi) is 4.98.